The molecule has 0 saturated heterocycles. The molecule has 0 fully saturated rings. The summed E-state index contributed by atoms with van der Waals surface area (Å²) in [5.74, 6) is 0.946. The Morgan fingerprint density at radius 1 is 1.43 bits per heavy atom. The number of aryl methyl sites for hydroxylation is 1. The number of aromatic nitrogens is 4. The molecule has 2 aromatic heterocycles. The standard InChI is InChI=1S/C14H14BrN5O/c1-8-2-3-9(4-11(8)15)13-19-14(21-20-13)12(16)5-10-6-17-7-18-10/h2-4,6-7,12H,5,16H2,1H3,(H,17,18). The number of benzene rings is 1. The molecule has 1 aromatic carbocycles. The number of nitrogens with two attached hydrogens (primary N) is 1. The van der Waals surface area contributed by atoms with Gasteiger partial charge in [-0.1, -0.05) is 33.2 Å². The molecule has 0 aliphatic carbocycles. The highest BCUT2D eigenvalue weighted by molar-refractivity contribution is 9.10. The number of rotatable bonds is 4. The Kier molecular flexibility index (Phi) is 3.85. The molecular formula is C14H14BrN5O. The van der Waals surface area contributed by atoms with Gasteiger partial charge in [-0.2, -0.15) is 4.98 Å². The fourth-order valence-electron chi connectivity index (χ4n) is 1.96. The minimum Gasteiger partial charge on any atom is -0.348 e. The Balaban J connectivity index is 1.80. The van der Waals surface area contributed by atoms with E-state index in [-0.39, 0.29) is 6.04 Å². The van der Waals surface area contributed by atoms with Crippen molar-refractivity contribution < 1.29 is 4.52 Å². The van der Waals surface area contributed by atoms with Gasteiger partial charge in [0.05, 0.1) is 12.4 Å². The van der Waals surface area contributed by atoms with Crippen molar-refractivity contribution in [2.75, 3.05) is 0 Å². The summed E-state index contributed by atoms with van der Waals surface area (Å²) in [6.07, 6.45) is 3.92. The van der Waals surface area contributed by atoms with Crippen molar-refractivity contribution in [1.29, 1.82) is 0 Å². The van der Waals surface area contributed by atoms with Crippen LogP contribution >= 0.6 is 15.9 Å². The van der Waals surface area contributed by atoms with E-state index >= 15 is 0 Å². The van der Waals surface area contributed by atoms with Crippen molar-refractivity contribution in [1.82, 2.24) is 20.1 Å². The molecule has 6 nitrogen and oxygen atoms in total. The first kappa shape index (κ1) is 14.0. The van der Waals surface area contributed by atoms with E-state index in [0.29, 0.717) is 18.1 Å². The summed E-state index contributed by atoms with van der Waals surface area (Å²) in [6, 6.07) is 5.56. The van der Waals surface area contributed by atoms with Gasteiger partial charge in [-0.25, -0.2) is 4.98 Å². The summed E-state index contributed by atoms with van der Waals surface area (Å²) < 4.78 is 6.27. The fraction of sp³-hybridized carbons (Fsp3) is 0.214. The number of aromatic amines is 1. The van der Waals surface area contributed by atoms with Crippen LogP contribution in [0, 0.1) is 6.92 Å². The van der Waals surface area contributed by atoms with Crippen LogP contribution < -0.4 is 5.73 Å². The topological polar surface area (TPSA) is 93.6 Å². The second kappa shape index (κ2) is 5.79. The van der Waals surface area contributed by atoms with Crippen LogP contribution in [0.25, 0.3) is 11.4 Å². The van der Waals surface area contributed by atoms with Gasteiger partial charge < -0.3 is 15.2 Å². The molecule has 21 heavy (non-hydrogen) atoms. The largest absolute Gasteiger partial charge is 0.348 e. The minimum atomic E-state index is -0.361. The van der Waals surface area contributed by atoms with E-state index in [1.165, 1.54) is 0 Å². The Bertz CT molecular complexity index is 738. The van der Waals surface area contributed by atoms with E-state index in [2.05, 4.69) is 36.0 Å². The van der Waals surface area contributed by atoms with E-state index in [0.717, 1.165) is 21.3 Å². The smallest absolute Gasteiger partial charge is 0.244 e. The molecule has 0 saturated carbocycles. The number of nitrogens with zero attached hydrogens (tertiary/aromatic N) is 3. The van der Waals surface area contributed by atoms with E-state index < -0.39 is 0 Å². The second-order valence-corrected chi connectivity index (χ2v) is 5.66. The Labute approximate surface area is 129 Å². The van der Waals surface area contributed by atoms with Crippen LogP contribution in [0.1, 0.15) is 23.2 Å². The third-order valence-corrected chi connectivity index (χ3v) is 4.04. The minimum absolute atomic E-state index is 0.361. The van der Waals surface area contributed by atoms with Gasteiger partial charge in [-0.3, -0.25) is 0 Å². The van der Waals surface area contributed by atoms with E-state index in [4.69, 9.17) is 10.3 Å². The summed E-state index contributed by atoms with van der Waals surface area (Å²) in [7, 11) is 0. The lowest BCUT2D eigenvalue weighted by Crippen LogP contribution is -2.13. The van der Waals surface area contributed by atoms with Crippen LogP contribution in [0.3, 0.4) is 0 Å². The molecule has 3 aromatic rings. The summed E-state index contributed by atoms with van der Waals surface area (Å²) in [6.45, 7) is 2.02. The Morgan fingerprint density at radius 3 is 3.00 bits per heavy atom. The quantitative estimate of drug-likeness (QED) is 0.756. The molecule has 0 aliphatic heterocycles. The maximum atomic E-state index is 6.08. The summed E-state index contributed by atoms with van der Waals surface area (Å²) in [5.41, 5.74) is 9.05. The molecule has 108 valence electrons. The molecule has 0 bridgehead atoms. The SMILES string of the molecule is Cc1ccc(-c2noc(C(N)Cc3cnc[nH]3)n2)cc1Br. The highest BCUT2D eigenvalue weighted by Crippen LogP contribution is 2.24. The molecule has 3 N–H and O–H groups in total. The highest BCUT2D eigenvalue weighted by atomic mass is 79.9. The van der Waals surface area contributed by atoms with Gasteiger partial charge in [0, 0.05) is 28.3 Å². The van der Waals surface area contributed by atoms with Crippen LogP contribution in [0.4, 0.5) is 0 Å². The van der Waals surface area contributed by atoms with Gasteiger partial charge in [0.25, 0.3) is 0 Å². The molecular weight excluding hydrogens is 334 g/mol. The Morgan fingerprint density at radius 2 is 2.29 bits per heavy atom. The molecule has 0 aliphatic rings. The number of hydrogen-bond acceptors (Lipinski definition) is 5. The predicted molar refractivity (Wildman–Crippen MR) is 81.4 cm³/mol. The molecule has 7 heteroatoms. The lowest BCUT2D eigenvalue weighted by Gasteiger charge is -2.03. The number of H-pyrrole nitrogens is 1. The normalized spacial score (nSPS) is 12.5. The second-order valence-electron chi connectivity index (χ2n) is 4.81. The van der Waals surface area contributed by atoms with Crippen LogP contribution in [0.15, 0.2) is 39.7 Å². The molecule has 0 spiro atoms. The maximum absolute atomic E-state index is 6.08. The summed E-state index contributed by atoms with van der Waals surface area (Å²) in [5, 5.41) is 3.99. The van der Waals surface area contributed by atoms with E-state index in [1.807, 2.05) is 25.1 Å². The highest BCUT2D eigenvalue weighted by Gasteiger charge is 2.17. The molecule has 1 unspecified atom stereocenters. The average Bonchev–Trinajstić information content (AvgIpc) is 3.12. The number of halogens is 1. The zero-order valence-corrected chi connectivity index (χ0v) is 13.0. The van der Waals surface area contributed by atoms with Crippen LogP contribution in [0.2, 0.25) is 0 Å². The zero-order chi connectivity index (χ0) is 14.8. The number of nitrogens with one attached hydrogen (secondary N) is 1. The van der Waals surface area contributed by atoms with Crippen LogP contribution in [-0.2, 0) is 6.42 Å². The lowest BCUT2D eigenvalue weighted by molar-refractivity contribution is 0.354. The van der Waals surface area contributed by atoms with E-state index in [1.54, 1.807) is 12.5 Å². The summed E-state index contributed by atoms with van der Waals surface area (Å²) >= 11 is 3.50. The first-order chi connectivity index (χ1) is 10.1. The van der Waals surface area contributed by atoms with Gasteiger partial charge in [0.15, 0.2) is 0 Å². The molecule has 3 rings (SSSR count). The van der Waals surface area contributed by atoms with Gasteiger partial charge in [-0.15, -0.1) is 0 Å². The number of imidazole rings is 1. The van der Waals surface area contributed by atoms with Gasteiger partial charge >= 0.3 is 0 Å². The lowest BCUT2D eigenvalue weighted by atomic mass is 10.1. The van der Waals surface area contributed by atoms with Crippen LogP contribution in [0.5, 0.6) is 0 Å². The predicted octanol–water partition coefficient (Wildman–Crippen LogP) is 2.77. The molecule has 2 heterocycles. The van der Waals surface area contributed by atoms with Gasteiger partial charge in [0.1, 0.15) is 0 Å². The van der Waals surface area contributed by atoms with Crippen molar-refractivity contribution in [2.45, 2.75) is 19.4 Å². The summed E-state index contributed by atoms with van der Waals surface area (Å²) in [4.78, 5) is 11.3. The maximum Gasteiger partial charge on any atom is 0.244 e. The van der Waals surface area contributed by atoms with Crippen molar-refractivity contribution in [3.05, 3.63) is 52.3 Å². The van der Waals surface area contributed by atoms with Crippen molar-refractivity contribution in [3.63, 3.8) is 0 Å². The van der Waals surface area contributed by atoms with E-state index in [9.17, 15) is 0 Å². The van der Waals surface area contributed by atoms with Crippen LogP contribution in [-0.4, -0.2) is 20.1 Å². The van der Waals surface area contributed by atoms with Gasteiger partial charge in [0.2, 0.25) is 11.7 Å². The number of hydrogen-bond donors (Lipinski definition) is 2. The fourth-order valence-corrected chi connectivity index (χ4v) is 2.33. The third-order valence-electron chi connectivity index (χ3n) is 3.18. The van der Waals surface area contributed by atoms with Crippen molar-refractivity contribution in [2.24, 2.45) is 5.73 Å². The average molecular weight is 348 g/mol. The molecule has 1 atom stereocenters. The van der Waals surface area contributed by atoms with Gasteiger partial charge in [-0.05, 0) is 18.6 Å². The molecule has 0 radical (unpaired) electrons. The Hall–Kier alpha value is -1.99. The zero-order valence-electron chi connectivity index (χ0n) is 11.4. The first-order valence-corrected chi connectivity index (χ1v) is 7.26. The van der Waals surface area contributed by atoms with Crippen molar-refractivity contribution in [3.8, 4) is 11.4 Å². The van der Waals surface area contributed by atoms with Crippen molar-refractivity contribution >= 4 is 15.9 Å². The monoisotopic (exact) mass is 347 g/mol. The third kappa shape index (κ3) is 3.03. The first-order valence-electron chi connectivity index (χ1n) is 6.46. The molecule has 0 amide bonds.